The number of ether oxygens (including phenoxy) is 1. The van der Waals surface area contributed by atoms with Crippen molar-refractivity contribution in [3.8, 4) is 0 Å². The Balaban J connectivity index is 3.13. The summed E-state index contributed by atoms with van der Waals surface area (Å²) >= 11 is 0. The molecule has 0 spiro atoms. The molecule has 0 aliphatic carbocycles. The number of allylic oxidation sites excluding steroid dienone is 14. The third-order valence-electron chi connectivity index (χ3n) is 3.58. The molecule has 0 saturated carbocycles. The molecular weight excluding hydrogens is 304 g/mol. The molecule has 0 aromatic carbocycles. The Kier molecular flexibility index (Phi) is 9.77. The predicted molar refractivity (Wildman–Crippen MR) is 111 cm³/mol. The van der Waals surface area contributed by atoms with Gasteiger partial charge in [-0.05, 0) is 50.5 Å². The Bertz CT molecular complexity index is 686. The molecule has 1 nitrogen and oxygen atoms in total. The number of rotatable bonds is 8. The van der Waals surface area contributed by atoms with Crippen LogP contribution in [0.2, 0.25) is 0 Å². The standard InChI is InChI=1S/C24H30O/c1-6-9-12-14-17-23-18-22(20(4)16-13-10-7-2)19-24(25-23)21(5)15-11-8-3/h6-7,9-16,18-19H,5,8,17H2,1-4H3/b9-6-,10-7-,14-12-,15-11-,16-13+,22-20+. The van der Waals surface area contributed by atoms with E-state index in [1.54, 1.807) is 0 Å². The van der Waals surface area contributed by atoms with Gasteiger partial charge in [-0.2, -0.15) is 0 Å². The van der Waals surface area contributed by atoms with Gasteiger partial charge in [-0.25, -0.2) is 0 Å². The van der Waals surface area contributed by atoms with Crippen molar-refractivity contribution in [3.63, 3.8) is 0 Å². The molecule has 0 fully saturated rings. The second kappa shape index (κ2) is 11.9. The molecule has 0 N–H and O–H groups in total. The van der Waals surface area contributed by atoms with E-state index in [2.05, 4.69) is 56.9 Å². The lowest BCUT2D eigenvalue weighted by atomic mass is 10.0. The van der Waals surface area contributed by atoms with Gasteiger partial charge in [-0.15, -0.1) is 0 Å². The molecule has 1 heterocycles. The molecule has 0 aromatic heterocycles. The van der Waals surface area contributed by atoms with E-state index < -0.39 is 0 Å². The summed E-state index contributed by atoms with van der Waals surface area (Å²) in [6.07, 6.45) is 26.4. The second-order valence-electron chi connectivity index (χ2n) is 5.74. The van der Waals surface area contributed by atoms with E-state index in [9.17, 15) is 0 Å². The van der Waals surface area contributed by atoms with Crippen molar-refractivity contribution in [2.24, 2.45) is 0 Å². The van der Waals surface area contributed by atoms with Gasteiger partial charge in [0.2, 0.25) is 0 Å². The first-order valence-electron chi connectivity index (χ1n) is 8.86. The van der Waals surface area contributed by atoms with Gasteiger partial charge >= 0.3 is 0 Å². The van der Waals surface area contributed by atoms with Crippen LogP contribution in [0.1, 0.15) is 40.5 Å². The largest absolute Gasteiger partial charge is 0.461 e. The molecular formula is C24H30O. The van der Waals surface area contributed by atoms with Gasteiger partial charge in [0.05, 0.1) is 0 Å². The van der Waals surface area contributed by atoms with Gasteiger partial charge in [-0.3, -0.25) is 0 Å². The highest BCUT2D eigenvalue weighted by Crippen LogP contribution is 2.28. The Hall–Kier alpha value is -2.54. The van der Waals surface area contributed by atoms with Crippen LogP contribution >= 0.6 is 0 Å². The van der Waals surface area contributed by atoms with Crippen LogP contribution in [-0.4, -0.2) is 0 Å². The summed E-state index contributed by atoms with van der Waals surface area (Å²) in [6, 6.07) is 0. The summed E-state index contributed by atoms with van der Waals surface area (Å²) in [6.45, 7) is 12.4. The third kappa shape index (κ3) is 7.71. The van der Waals surface area contributed by atoms with Gasteiger partial charge in [0.25, 0.3) is 0 Å². The number of hydrogen-bond acceptors (Lipinski definition) is 1. The highest BCUT2D eigenvalue weighted by Gasteiger charge is 2.13. The maximum absolute atomic E-state index is 6.06. The first kappa shape index (κ1) is 20.5. The molecule has 1 aliphatic rings. The van der Waals surface area contributed by atoms with E-state index in [0.717, 1.165) is 35.5 Å². The Morgan fingerprint density at radius 1 is 1.00 bits per heavy atom. The maximum atomic E-state index is 6.06. The fraction of sp³-hybridized carbons (Fsp3) is 0.250. The van der Waals surface area contributed by atoms with Crippen molar-refractivity contribution in [1.29, 1.82) is 0 Å². The fourth-order valence-corrected chi connectivity index (χ4v) is 2.17. The van der Waals surface area contributed by atoms with Gasteiger partial charge < -0.3 is 4.74 Å². The van der Waals surface area contributed by atoms with E-state index in [1.165, 1.54) is 5.57 Å². The fourth-order valence-electron chi connectivity index (χ4n) is 2.17. The summed E-state index contributed by atoms with van der Waals surface area (Å²) in [4.78, 5) is 0. The molecule has 0 aromatic rings. The van der Waals surface area contributed by atoms with Crippen LogP contribution in [0.4, 0.5) is 0 Å². The van der Waals surface area contributed by atoms with Gasteiger partial charge in [0.15, 0.2) is 0 Å². The van der Waals surface area contributed by atoms with Gasteiger partial charge in [0.1, 0.15) is 11.5 Å². The van der Waals surface area contributed by atoms with E-state index in [-0.39, 0.29) is 0 Å². The van der Waals surface area contributed by atoms with Crippen LogP contribution < -0.4 is 0 Å². The smallest absolute Gasteiger partial charge is 0.134 e. The predicted octanol–water partition coefficient (Wildman–Crippen LogP) is 7.28. The highest BCUT2D eigenvalue weighted by atomic mass is 16.5. The minimum absolute atomic E-state index is 0.752. The lowest BCUT2D eigenvalue weighted by Gasteiger charge is -2.19. The van der Waals surface area contributed by atoms with Crippen LogP contribution in [-0.2, 0) is 4.74 Å². The first-order valence-corrected chi connectivity index (χ1v) is 8.86. The lowest BCUT2D eigenvalue weighted by Crippen LogP contribution is -2.02. The second-order valence-corrected chi connectivity index (χ2v) is 5.74. The summed E-state index contributed by atoms with van der Waals surface area (Å²) in [5, 5.41) is 0. The Morgan fingerprint density at radius 3 is 2.40 bits per heavy atom. The van der Waals surface area contributed by atoms with Crippen LogP contribution in [0, 0.1) is 0 Å². The molecule has 0 saturated heterocycles. The minimum Gasteiger partial charge on any atom is -0.461 e. The van der Waals surface area contributed by atoms with Gasteiger partial charge in [0, 0.05) is 12.0 Å². The molecule has 0 bridgehead atoms. The summed E-state index contributed by atoms with van der Waals surface area (Å²) < 4.78 is 6.06. The summed E-state index contributed by atoms with van der Waals surface area (Å²) in [7, 11) is 0. The normalized spacial score (nSPS) is 17.8. The zero-order valence-corrected chi connectivity index (χ0v) is 16.0. The van der Waals surface area contributed by atoms with Crippen molar-refractivity contribution in [2.75, 3.05) is 0 Å². The van der Waals surface area contributed by atoms with Crippen molar-refractivity contribution >= 4 is 0 Å². The number of hydrogen-bond donors (Lipinski definition) is 0. The van der Waals surface area contributed by atoms with Crippen LogP contribution in [0.25, 0.3) is 0 Å². The van der Waals surface area contributed by atoms with Crippen LogP contribution in [0.15, 0.2) is 108 Å². The molecule has 0 radical (unpaired) electrons. The van der Waals surface area contributed by atoms with Crippen molar-refractivity contribution < 1.29 is 4.74 Å². The average Bonchev–Trinajstić information content (AvgIpc) is 2.63. The van der Waals surface area contributed by atoms with E-state index in [0.29, 0.717) is 0 Å². The van der Waals surface area contributed by atoms with E-state index >= 15 is 0 Å². The molecule has 1 rings (SSSR count). The SMILES string of the molecule is C=C(/C=C\CC)C1=C/C(=C(C)/C=C/C=C\C)C=C(C/C=C\C=C/C)O1. The molecule has 0 atom stereocenters. The van der Waals surface area contributed by atoms with E-state index in [4.69, 9.17) is 4.74 Å². The molecule has 1 heteroatoms. The van der Waals surface area contributed by atoms with Crippen molar-refractivity contribution in [3.05, 3.63) is 108 Å². The van der Waals surface area contributed by atoms with Crippen molar-refractivity contribution in [2.45, 2.75) is 40.5 Å². The van der Waals surface area contributed by atoms with Crippen LogP contribution in [0.5, 0.6) is 0 Å². The Morgan fingerprint density at radius 2 is 1.72 bits per heavy atom. The van der Waals surface area contributed by atoms with Crippen molar-refractivity contribution in [1.82, 2.24) is 0 Å². The molecule has 132 valence electrons. The van der Waals surface area contributed by atoms with E-state index in [1.807, 2.05) is 50.3 Å². The highest BCUT2D eigenvalue weighted by molar-refractivity contribution is 5.50. The molecule has 1 aliphatic heterocycles. The molecule has 0 unspecified atom stereocenters. The monoisotopic (exact) mass is 334 g/mol. The summed E-state index contributed by atoms with van der Waals surface area (Å²) in [5.74, 6) is 1.74. The zero-order valence-electron chi connectivity index (χ0n) is 16.0. The Labute approximate surface area is 153 Å². The topological polar surface area (TPSA) is 9.23 Å². The first-order chi connectivity index (χ1) is 12.1. The summed E-state index contributed by atoms with van der Waals surface area (Å²) in [5.41, 5.74) is 3.25. The minimum atomic E-state index is 0.752. The van der Waals surface area contributed by atoms with Crippen LogP contribution in [0.3, 0.4) is 0 Å². The zero-order chi connectivity index (χ0) is 18.5. The quantitative estimate of drug-likeness (QED) is 0.424. The molecule has 0 amide bonds. The average molecular weight is 335 g/mol. The third-order valence-corrected chi connectivity index (χ3v) is 3.58. The van der Waals surface area contributed by atoms with Gasteiger partial charge in [-0.1, -0.05) is 74.3 Å². The molecule has 25 heavy (non-hydrogen) atoms. The lowest BCUT2D eigenvalue weighted by molar-refractivity contribution is 0.304. The maximum Gasteiger partial charge on any atom is 0.134 e.